The third-order valence-electron chi connectivity index (χ3n) is 2.42. The number of urea groups is 1. The molecule has 0 atom stereocenters. The predicted octanol–water partition coefficient (Wildman–Crippen LogP) is 0.984. The van der Waals surface area contributed by atoms with E-state index in [1.165, 1.54) is 0 Å². The zero-order valence-corrected chi connectivity index (χ0v) is 10.5. The molecule has 0 unspecified atom stereocenters. The number of rotatable bonds is 5. The van der Waals surface area contributed by atoms with Gasteiger partial charge in [-0.05, 0) is 18.8 Å². The fourth-order valence-corrected chi connectivity index (χ4v) is 1.54. The largest absolute Gasteiger partial charge is 0.478 e. The Morgan fingerprint density at radius 3 is 2.39 bits per heavy atom. The number of nitrogens with zero attached hydrogens (tertiary/aromatic N) is 1. The van der Waals surface area contributed by atoms with Crippen LogP contribution in [-0.4, -0.2) is 40.5 Å². The van der Waals surface area contributed by atoms with Crippen molar-refractivity contribution >= 4 is 17.9 Å². The lowest BCUT2D eigenvalue weighted by atomic mass is 10.2. The van der Waals surface area contributed by atoms with Gasteiger partial charge in [0, 0.05) is 24.7 Å². The molecular weight excluding hydrogens is 236 g/mol. The van der Waals surface area contributed by atoms with Gasteiger partial charge in [0.05, 0.1) is 0 Å². The molecule has 0 aromatic carbocycles. The SMILES string of the molecule is CC(C)CN(C(=O)NC(=O)/C=C/C(=O)O)C1CC1. The van der Waals surface area contributed by atoms with Crippen LogP contribution in [0, 0.1) is 5.92 Å². The number of hydrogen-bond donors (Lipinski definition) is 2. The van der Waals surface area contributed by atoms with E-state index >= 15 is 0 Å². The van der Waals surface area contributed by atoms with Gasteiger partial charge in [0.15, 0.2) is 0 Å². The van der Waals surface area contributed by atoms with Crippen LogP contribution in [0.4, 0.5) is 4.79 Å². The number of carboxylic acid groups (broad SMARTS) is 1. The molecule has 0 radical (unpaired) electrons. The third kappa shape index (κ3) is 4.99. The lowest BCUT2D eigenvalue weighted by molar-refractivity contribution is -0.131. The van der Waals surface area contributed by atoms with Gasteiger partial charge in [0.1, 0.15) is 0 Å². The van der Waals surface area contributed by atoms with E-state index in [0.29, 0.717) is 18.5 Å². The Morgan fingerprint density at radius 1 is 1.33 bits per heavy atom. The third-order valence-corrected chi connectivity index (χ3v) is 2.42. The summed E-state index contributed by atoms with van der Waals surface area (Å²) in [7, 11) is 0. The van der Waals surface area contributed by atoms with Gasteiger partial charge in [-0.15, -0.1) is 0 Å². The highest BCUT2D eigenvalue weighted by Gasteiger charge is 2.33. The molecule has 100 valence electrons. The summed E-state index contributed by atoms with van der Waals surface area (Å²) in [6, 6.07) is -0.241. The molecule has 0 aliphatic heterocycles. The fraction of sp³-hybridized carbons (Fsp3) is 0.583. The topological polar surface area (TPSA) is 86.7 Å². The smallest absolute Gasteiger partial charge is 0.328 e. The maximum atomic E-state index is 11.8. The average Bonchev–Trinajstić information content (AvgIpc) is 3.06. The van der Waals surface area contributed by atoms with Crippen LogP contribution >= 0.6 is 0 Å². The van der Waals surface area contributed by atoms with Crippen molar-refractivity contribution < 1.29 is 19.5 Å². The molecule has 6 nitrogen and oxygen atoms in total. The van der Waals surface area contributed by atoms with Gasteiger partial charge >= 0.3 is 12.0 Å². The normalized spacial score (nSPS) is 14.8. The first-order chi connectivity index (χ1) is 8.40. The Kier molecular flexibility index (Phi) is 4.88. The first-order valence-electron chi connectivity index (χ1n) is 5.92. The Balaban J connectivity index is 2.51. The summed E-state index contributed by atoms with van der Waals surface area (Å²) in [6.07, 6.45) is 3.45. The molecule has 0 bridgehead atoms. The lowest BCUT2D eigenvalue weighted by Gasteiger charge is -2.23. The van der Waals surface area contributed by atoms with Crippen LogP contribution in [0.15, 0.2) is 12.2 Å². The lowest BCUT2D eigenvalue weighted by Crippen LogP contribution is -2.45. The first kappa shape index (κ1) is 14.2. The highest BCUT2D eigenvalue weighted by atomic mass is 16.4. The van der Waals surface area contributed by atoms with E-state index in [0.717, 1.165) is 18.9 Å². The number of carbonyl (C=O) groups is 3. The number of carbonyl (C=O) groups excluding carboxylic acids is 2. The van der Waals surface area contributed by atoms with Crippen molar-refractivity contribution in [1.29, 1.82) is 0 Å². The van der Waals surface area contributed by atoms with Gasteiger partial charge in [-0.3, -0.25) is 10.1 Å². The summed E-state index contributed by atoms with van der Waals surface area (Å²) in [5.41, 5.74) is 0. The molecule has 0 spiro atoms. The Bertz CT molecular complexity index is 372. The van der Waals surface area contributed by atoms with Crippen molar-refractivity contribution in [3.05, 3.63) is 12.2 Å². The second-order valence-corrected chi connectivity index (χ2v) is 4.74. The van der Waals surface area contributed by atoms with E-state index in [1.807, 2.05) is 13.8 Å². The molecule has 2 N–H and O–H groups in total. The molecular formula is C12H18N2O4. The summed E-state index contributed by atoms with van der Waals surface area (Å²) >= 11 is 0. The molecule has 1 aliphatic carbocycles. The second-order valence-electron chi connectivity index (χ2n) is 4.74. The van der Waals surface area contributed by atoms with Crippen LogP contribution in [0.1, 0.15) is 26.7 Å². The standard InChI is InChI=1S/C12H18N2O4/c1-8(2)7-14(9-3-4-9)12(18)13-10(15)5-6-11(16)17/h5-6,8-9H,3-4,7H2,1-2H3,(H,16,17)(H,13,15,18)/b6-5+. The van der Waals surface area contributed by atoms with Gasteiger partial charge in [-0.2, -0.15) is 0 Å². The van der Waals surface area contributed by atoms with Crippen LogP contribution in [-0.2, 0) is 9.59 Å². The second kappa shape index (κ2) is 6.18. The quantitative estimate of drug-likeness (QED) is 0.716. The predicted molar refractivity (Wildman–Crippen MR) is 64.9 cm³/mol. The Morgan fingerprint density at radius 2 is 1.94 bits per heavy atom. The van der Waals surface area contributed by atoms with Crippen LogP contribution in [0.2, 0.25) is 0 Å². The van der Waals surface area contributed by atoms with Gasteiger partial charge in [0.25, 0.3) is 5.91 Å². The van der Waals surface area contributed by atoms with E-state index in [9.17, 15) is 14.4 Å². The van der Waals surface area contributed by atoms with Gasteiger partial charge in [-0.1, -0.05) is 13.8 Å². The van der Waals surface area contributed by atoms with Crippen molar-refractivity contribution in [2.24, 2.45) is 5.92 Å². The van der Waals surface area contributed by atoms with Crippen molar-refractivity contribution in [2.75, 3.05) is 6.54 Å². The first-order valence-corrected chi connectivity index (χ1v) is 5.92. The van der Waals surface area contributed by atoms with E-state index in [1.54, 1.807) is 4.90 Å². The monoisotopic (exact) mass is 254 g/mol. The summed E-state index contributed by atoms with van der Waals surface area (Å²) in [6.45, 7) is 4.58. The number of imide groups is 1. The zero-order valence-electron chi connectivity index (χ0n) is 10.5. The number of nitrogens with one attached hydrogen (secondary N) is 1. The summed E-state index contributed by atoms with van der Waals surface area (Å²) in [5.74, 6) is -1.61. The molecule has 1 aliphatic rings. The van der Waals surface area contributed by atoms with Crippen LogP contribution in [0.25, 0.3) is 0 Å². The molecule has 0 saturated heterocycles. The van der Waals surface area contributed by atoms with Crippen LogP contribution < -0.4 is 5.32 Å². The zero-order chi connectivity index (χ0) is 13.7. The van der Waals surface area contributed by atoms with E-state index in [-0.39, 0.29) is 6.04 Å². The highest BCUT2D eigenvalue weighted by molar-refractivity contribution is 6.02. The average molecular weight is 254 g/mol. The molecule has 3 amide bonds. The minimum Gasteiger partial charge on any atom is -0.478 e. The van der Waals surface area contributed by atoms with E-state index < -0.39 is 17.9 Å². The van der Waals surface area contributed by atoms with Gasteiger partial charge in [0.2, 0.25) is 0 Å². The molecule has 1 saturated carbocycles. The molecule has 1 fully saturated rings. The maximum absolute atomic E-state index is 11.8. The number of carboxylic acids is 1. The summed E-state index contributed by atoms with van der Waals surface area (Å²) in [5, 5.41) is 10.5. The molecule has 6 heteroatoms. The highest BCUT2D eigenvalue weighted by Crippen LogP contribution is 2.27. The van der Waals surface area contributed by atoms with Crippen molar-refractivity contribution in [1.82, 2.24) is 10.2 Å². The number of amides is 3. The van der Waals surface area contributed by atoms with Crippen LogP contribution in [0.3, 0.4) is 0 Å². The maximum Gasteiger partial charge on any atom is 0.328 e. The molecule has 0 aromatic heterocycles. The molecule has 18 heavy (non-hydrogen) atoms. The van der Waals surface area contributed by atoms with Crippen molar-refractivity contribution in [3.63, 3.8) is 0 Å². The molecule has 0 heterocycles. The van der Waals surface area contributed by atoms with Crippen LogP contribution in [0.5, 0.6) is 0 Å². The van der Waals surface area contributed by atoms with Gasteiger partial charge in [-0.25, -0.2) is 9.59 Å². The molecule has 1 rings (SSSR count). The van der Waals surface area contributed by atoms with Crippen molar-refractivity contribution in [2.45, 2.75) is 32.7 Å². The number of aliphatic carboxylic acids is 1. The Labute approximate surface area is 106 Å². The van der Waals surface area contributed by atoms with Crippen molar-refractivity contribution in [3.8, 4) is 0 Å². The number of hydrogen-bond acceptors (Lipinski definition) is 3. The minimum absolute atomic E-state index is 0.212. The fourth-order valence-electron chi connectivity index (χ4n) is 1.54. The molecule has 0 aromatic rings. The Hall–Kier alpha value is -1.85. The van der Waals surface area contributed by atoms with Gasteiger partial charge < -0.3 is 10.0 Å². The minimum atomic E-state index is -1.22. The summed E-state index contributed by atoms with van der Waals surface area (Å²) in [4.78, 5) is 35.0. The van der Waals surface area contributed by atoms with E-state index in [2.05, 4.69) is 5.32 Å². The van der Waals surface area contributed by atoms with E-state index in [4.69, 9.17) is 5.11 Å². The summed E-state index contributed by atoms with van der Waals surface area (Å²) < 4.78 is 0.